The van der Waals surface area contributed by atoms with E-state index in [4.69, 9.17) is 5.73 Å². The Morgan fingerprint density at radius 1 is 1.75 bits per heavy atom. The van der Waals surface area contributed by atoms with Crippen molar-refractivity contribution >= 4 is 6.21 Å². The van der Waals surface area contributed by atoms with E-state index in [0.717, 1.165) is 12.8 Å². The number of nitrogens with two attached hydrogens (primary N) is 1. The Hall–Kier alpha value is -0.370. The van der Waals surface area contributed by atoms with Gasteiger partial charge in [-0.15, -0.1) is 0 Å². The van der Waals surface area contributed by atoms with Gasteiger partial charge in [-0.1, -0.05) is 6.92 Å². The highest BCUT2D eigenvalue weighted by Gasteiger charge is 1.92. The van der Waals surface area contributed by atoms with Crippen LogP contribution in [0.3, 0.4) is 0 Å². The lowest BCUT2D eigenvalue weighted by molar-refractivity contribution is 0.680. The molecule has 0 saturated carbocycles. The van der Waals surface area contributed by atoms with Gasteiger partial charge < -0.3 is 10.7 Å². The molecule has 0 heterocycles. The van der Waals surface area contributed by atoms with Crippen LogP contribution in [0.4, 0.5) is 0 Å². The number of hydrogen-bond acceptors (Lipinski definition) is 2. The van der Waals surface area contributed by atoms with Crippen LogP contribution in [0.15, 0.2) is 4.99 Å². The van der Waals surface area contributed by atoms with E-state index in [0.29, 0.717) is 6.04 Å². The lowest BCUT2D eigenvalue weighted by Gasteiger charge is -2.00. The fourth-order valence-corrected chi connectivity index (χ4v) is 0.407. The molecule has 2 N–H and O–H groups in total. The summed E-state index contributed by atoms with van der Waals surface area (Å²) in [5, 5.41) is 0. The highest BCUT2D eigenvalue weighted by molar-refractivity contribution is 5.57. The molecule has 0 spiro atoms. The molecule has 0 aliphatic heterocycles. The van der Waals surface area contributed by atoms with Gasteiger partial charge >= 0.3 is 0 Å². The minimum Gasteiger partial charge on any atom is -0.327 e. The first-order valence-electron chi connectivity index (χ1n) is 2.97. The lowest BCUT2D eigenvalue weighted by atomic mass is 10.2. The van der Waals surface area contributed by atoms with Crippen molar-refractivity contribution in [1.82, 2.24) is 0 Å². The summed E-state index contributed by atoms with van der Waals surface area (Å²) in [7, 11) is 1.77. The van der Waals surface area contributed by atoms with Gasteiger partial charge in [-0.25, -0.2) is 0 Å². The van der Waals surface area contributed by atoms with Crippen LogP contribution in [-0.4, -0.2) is 19.3 Å². The molecule has 0 rings (SSSR count). The summed E-state index contributed by atoms with van der Waals surface area (Å²) in [6.07, 6.45) is 3.80. The number of rotatable bonds is 3. The molecule has 0 aromatic rings. The van der Waals surface area contributed by atoms with Crippen molar-refractivity contribution in [2.75, 3.05) is 7.05 Å². The van der Waals surface area contributed by atoms with Gasteiger partial charge in [0.2, 0.25) is 0 Å². The average Bonchev–Trinajstić information content (AvgIpc) is 1.83. The van der Waals surface area contributed by atoms with Gasteiger partial charge in [0.1, 0.15) is 0 Å². The Morgan fingerprint density at radius 2 is 2.38 bits per heavy atom. The largest absolute Gasteiger partial charge is 0.327 e. The summed E-state index contributed by atoms with van der Waals surface area (Å²) in [5.41, 5.74) is 5.57. The molecule has 0 bridgehead atoms. The molecule has 0 aromatic heterocycles. The second kappa shape index (κ2) is 4.78. The lowest BCUT2D eigenvalue weighted by Crippen LogP contribution is -2.18. The van der Waals surface area contributed by atoms with Crippen molar-refractivity contribution < 1.29 is 0 Å². The topological polar surface area (TPSA) is 38.4 Å². The van der Waals surface area contributed by atoms with Crippen molar-refractivity contribution in [3.8, 4) is 0 Å². The fraction of sp³-hybridized carbons (Fsp3) is 0.833. The van der Waals surface area contributed by atoms with Gasteiger partial charge in [0, 0.05) is 13.1 Å². The summed E-state index contributed by atoms with van der Waals surface area (Å²) in [4.78, 5) is 3.82. The summed E-state index contributed by atoms with van der Waals surface area (Å²) >= 11 is 0. The van der Waals surface area contributed by atoms with Gasteiger partial charge in [-0.2, -0.15) is 0 Å². The quantitative estimate of drug-likeness (QED) is 0.542. The predicted molar refractivity (Wildman–Crippen MR) is 37.3 cm³/mol. The van der Waals surface area contributed by atoms with E-state index in [9.17, 15) is 0 Å². The van der Waals surface area contributed by atoms with Crippen LogP contribution in [0.1, 0.15) is 19.8 Å². The summed E-state index contributed by atoms with van der Waals surface area (Å²) in [5.74, 6) is 0. The second-order valence-electron chi connectivity index (χ2n) is 1.84. The number of aliphatic imine (C=N–C) groups is 1. The molecule has 0 radical (unpaired) electrons. The molecule has 2 heteroatoms. The molecule has 0 aromatic carbocycles. The van der Waals surface area contributed by atoms with Crippen LogP contribution >= 0.6 is 0 Å². The zero-order valence-electron chi connectivity index (χ0n) is 5.59. The highest BCUT2D eigenvalue weighted by atomic mass is 14.7. The van der Waals surface area contributed by atoms with Crippen molar-refractivity contribution in [2.24, 2.45) is 10.7 Å². The van der Waals surface area contributed by atoms with Crippen LogP contribution in [0.25, 0.3) is 0 Å². The van der Waals surface area contributed by atoms with Gasteiger partial charge in [0.05, 0.1) is 0 Å². The third kappa shape index (κ3) is 3.81. The van der Waals surface area contributed by atoms with E-state index in [2.05, 4.69) is 11.9 Å². The first-order chi connectivity index (χ1) is 3.81. The smallest absolute Gasteiger partial charge is 0.0273 e. The second-order valence-corrected chi connectivity index (χ2v) is 1.84. The fourth-order valence-electron chi connectivity index (χ4n) is 0.407. The number of hydrogen-bond donors (Lipinski definition) is 1. The first-order valence-corrected chi connectivity index (χ1v) is 2.97. The third-order valence-electron chi connectivity index (χ3n) is 1.12. The van der Waals surface area contributed by atoms with Crippen molar-refractivity contribution in [3.05, 3.63) is 0 Å². The maximum atomic E-state index is 5.57. The maximum absolute atomic E-state index is 5.57. The molecule has 8 heavy (non-hydrogen) atoms. The van der Waals surface area contributed by atoms with Crippen molar-refractivity contribution in [3.63, 3.8) is 0 Å². The molecular formula is C6H14N2. The molecule has 0 saturated heterocycles. The molecular weight excluding hydrogens is 100 g/mol. The minimum absolute atomic E-state index is 0.304. The summed E-state index contributed by atoms with van der Waals surface area (Å²) in [6.45, 7) is 2.08. The Labute approximate surface area is 50.8 Å². The van der Waals surface area contributed by atoms with Crippen molar-refractivity contribution in [1.29, 1.82) is 0 Å². The van der Waals surface area contributed by atoms with Gasteiger partial charge in [0.15, 0.2) is 0 Å². The molecule has 48 valence electrons. The van der Waals surface area contributed by atoms with Gasteiger partial charge in [-0.05, 0) is 19.1 Å². The van der Waals surface area contributed by atoms with E-state index in [1.807, 2.05) is 6.21 Å². The van der Waals surface area contributed by atoms with E-state index in [1.165, 1.54) is 0 Å². The SMILES string of the molecule is CCC(N)C/C=N\C. The average molecular weight is 114 g/mol. The van der Waals surface area contributed by atoms with Crippen LogP contribution in [0, 0.1) is 0 Å². The Balaban J connectivity index is 3.10. The van der Waals surface area contributed by atoms with Crippen LogP contribution in [-0.2, 0) is 0 Å². The molecule has 0 aliphatic carbocycles. The zero-order chi connectivity index (χ0) is 6.41. The Bertz CT molecular complexity index is 68.9. The number of nitrogens with zero attached hydrogens (tertiary/aromatic N) is 1. The Morgan fingerprint density at radius 3 is 2.75 bits per heavy atom. The van der Waals surface area contributed by atoms with E-state index in [1.54, 1.807) is 7.05 Å². The Kier molecular flexibility index (Phi) is 4.56. The van der Waals surface area contributed by atoms with Crippen molar-refractivity contribution in [2.45, 2.75) is 25.8 Å². The van der Waals surface area contributed by atoms with Crippen LogP contribution in [0.5, 0.6) is 0 Å². The summed E-state index contributed by atoms with van der Waals surface area (Å²) < 4.78 is 0. The van der Waals surface area contributed by atoms with E-state index >= 15 is 0 Å². The monoisotopic (exact) mass is 114 g/mol. The normalized spacial score (nSPS) is 14.9. The van der Waals surface area contributed by atoms with E-state index < -0.39 is 0 Å². The predicted octanol–water partition coefficient (Wildman–Crippen LogP) is 0.814. The molecule has 1 atom stereocenters. The standard InChI is InChI=1S/C6H14N2/c1-3-6(7)4-5-8-2/h5-6H,3-4,7H2,1-2H3/b8-5-. The van der Waals surface area contributed by atoms with E-state index in [-0.39, 0.29) is 0 Å². The first kappa shape index (κ1) is 7.63. The maximum Gasteiger partial charge on any atom is 0.0273 e. The van der Waals surface area contributed by atoms with Gasteiger partial charge in [0.25, 0.3) is 0 Å². The molecule has 0 amide bonds. The summed E-state index contributed by atoms with van der Waals surface area (Å²) in [6, 6.07) is 0.304. The third-order valence-corrected chi connectivity index (χ3v) is 1.12. The molecule has 0 aliphatic rings. The van der Waals surface area contributed by atoms with Crippen LogP contribution in [0.2, 0.25) is 0 Å². The molecule has 0 fully saturated rings. The highest BCUT2D eigenvalue weighted by Crippen LogP contribution is 1.88. The zero-order valence-corrected chi connectivity index (χ0v) is 5.59. The van der Waals surface area contributed by atoms with Gasteiger partial charge in [-0.3, -0.25) is 0 Å². The van der Waals surface area contributed by atoms with Crippen LogP contribution < -0.4 is 5.73 Å². The minimum atomic E-state index is 0.304. The molecule has 1 unspecified atom stereocenters. The molecule has 2 nitrogen and oxygen atoms in total.